The van der Waals surface area contributed by atoms with Crippen molar-refractivity contribution in [3.05, 3.63) is 65.6 Å². The van der Waals surface area contributed by atoms with Gasteiger partial charge < -0.3 is 15.4 Å². The van der Waals surface area contributed by atoms with E-state index in [1.807, 2.05) is 34.9 Å². The molecule has 0 bridgehead atoms. The van der Waals surface area contributed by atoms with Crippen molar-refractivity contribution >= 4 is 28.9 Å². The minimum atomic E-state index is 0.434. The van der Waals surface area contributed by atoms with E-state index in [0.29, 0.717) is 16.7 Å². The summed E-state index contributed by atoms with van der Waals surface area (Å²) >= 11 is 6.44. The molecule has 1 aliphatic heterocycles. The molecule has 0 unspecified atom stereocenters. The minimum Gasteiger partial charge on any atom is -0.495 e. The van der Waals surface area contributed by atoms with E-state index in [-0.39, 0.29) is 0 Å². The van der Waals surface area contributed by atoms with Gasteiger partial charge in [0.2, 0.25) is 5.95 Å². The highest BCUT2D eigenvalue weighted by atomic mass is 35.5. The molecule has 1 fully saturated rings. The molecular formula is C23H24ClN7O. The van der Waals surface area contributed by atoms with Crippen molar-refractivity contribution in [3.63, 3.8) is 0 Å². The topological polar surface area (TPSA) is 79.6 Å². The van der Waals surface area contributed by atoms with Crippen LogP contribution in [0.15, 0.2) is 55.0 Å². The quantitative estimate of drug-likeness (QED) is 0.465. The van der Waals surface area contributed by atoms with Gasteiger partial charge in [0.1, 0.15) is 17.1 Å². The van der Waals surface area contributed by atoms with Crippen LogP contribution in [0.2, 0.25) is 5.02 Å². The van der Waals surface area contributed by atoms with Crippen molar-refractivity contribution in [3.8, 4) is 17.1 Å². The lowest BCUT2D eigenvalue weighted by Crippen LogP contribution is -2.42. The number of aromatic nitrogens is 4. The molecule has 0 spiro atoms. The van der Waals surface area contributed by atoms with Gasteiger partial charge in [-0.1, -0.05) is 23.7 Å². The number of nitrogens with zero attached hydrogens (tertiary/aromatic N) is 5. The number of rotatable bonds is 6. The summed E-state index contributed by atoms with van der Waals surface area (Å²) in [5.74, 6) is 1.18. The van der Waals surface area contributed by atoms with Gasteiger partial charge in [0, 0.05) is 38.9 Å². The van der Waals surface area contributed by atoms with Crippen LogP contribution >= 0.6 is 11.6 Å². The highest BCUT2D eigenvalue weighted by Gasteiger charge is 2.15. The summed E-state index contributed by atoms with van der Waals surface area (Å²) < 4.78 is 7.59. The van der Waals surface area contributed by atoms with Gasteiger partial charge in [-0.2, -0.15) is 0 Å². The first-order chi connectivity index (χ1) is 15.7. The van der Waals surface area contributed by atoms with E-state index >= 15 is 0 Å². The number of hydrogen-bond acceptors (Lipinski definition) is 7. The van der Waals surface area contributed by atoms with Gasteiger partial charge in [0.15, 0.2) is 0 Å². The van der Waals surface area contributed by atoms with E-state index in [9.17, 15) is 0 Å². The van der Waals surface area contributed by atoms with E-state index in [2.05, 4.69) is 42.6 Å². The Morgan fingerprint density at radius 3 is 2.84 bits per heavy atom. The van der Waals surface area contributed by atoms with Crippen LogP contribution in [0.1, 0.15) is 5.56 Å². The van der Waals surface area contributed by atoms with E-state index in [0.717, 1.165) is 55.5 Å². The molecule has 164 valence electrons. The van der Waals surface area contributed by atoms with Crippen molar-refractivity contribution < 1.29 is 4.74 Å². The Balaban J connectivity index is 1.41. The number of imidazole rings is 1. The standard InChI is InChI=1S/C23H24ClN7O/c1-32-20-12-16(15-30-10-7-25-8-11-30)5-6-18(20)28-23-27-13-17(24)22(29-23)19-14-26-21-4-2-3-9-31(19)21/h2-6,9,12-14,25H,7-8,10-11,15H2,1H3,(H,27,28,29). The Labute approximate surface area is 191 Å². The molecule has 0 saturated carbocycles. The third kappa shape index (κ3) is 4.25. The van der Waals surface area contributed by atoms with Gasteiger partial charge in [0.05, 0.1) is 35.9 Å². The highest BCUT2D eigenvalue weighted by Crippen LogP contribution is 2.31. The zero-order valence-corrected chi connectivity index (χ0v) is 18.5. The maximum atomic E-state index is 6.44. The van der Waals surface area contributed by atoms with Crippen molar-refractivity contribution in [1.29, 1.82) is 0 Å². The van der Waals surface area contributed by atoms with Crippen LogP contribution in [0.25, 0.3) is 17.0 Å². The molecule has 4 heterocycles. The Bertz CT molecular complexity index is 1240. The highest BCUT2D eigenvalue weighted by molar-refractivity contribution is 6.32. The summed E-state index contributed by atoms with van der Waals surface area (Å²) in [6, 6.07) is 12.0. The summed E-state index contributed by atoms with van der Waals surface area (Å²) in [5, 5.41) is 7.11. The predicted octanol–water partition coefficient (Wildman–Crippen LogP) is 3.60. The third-order valence-corrected chi connectivity index (χ3v) is 5.81. The molecule has 0 aliphatic carbocycles. The van der Waals surface area contributed by atoms with Crippen molar-refractivity contribution in [2.45, 2.75) is 6.54 Å². The Morgan fingerprint density at radius 1 is 1.12 bits per heavy atom. The number of halogens is 1. The smallest absolute Gasteiger partial charge is 0.227 e. The second-order valence-corrected chi connectivity index (χ2v) is 8.06. The number of benzene rings is 1. The molecular weight excluding hydrogens is 426 g/mol. The normalized spacial score (nSPS) is 14.6. The maximum Gasteiger partial charge on any atom is 0.227 e. The number of hydrogen-bond donors (Lipinski definition) is 2. The molecule has 8 nitrogen and oxygen atoms in total. The summed E-state index contributed by atoms with van der Waals surface area (Å²) in [4.78, 5) is 15.9. The van der Waals surface area contributed by atoms with Gasteiger partial charge in [-0.3, -0.25) is 9.30 Å². The van der Waals surface area contributed by atoms with Crippen LogP contribution in [0.4, 0.5) is 11.6 Å². The number of piperazine rings is 1. The van der Waals surface area contributed by atoms with Crippen molar-refractivity contribution in [2.75, 3.05) is 38.6 Å². The molecule has 32 heavy (non-hydrogen) atoms. The van der Waals surface area contributed by atoms with Gasteiger partial charge in [-0.15, -0.1) is 0 Å². The molecule has 1 saturated heterocycles. The summed E-state index contributed by atoms with van der Waals surface area (Å²) in [6.45, 7) is 5.05. The number of fused-ring (bicyclic) bond motifs is 1. The number of nitrogens with one attached hydrogen (secondary N) is 2. The van der Waals surface area contributed by atoms with Crippen molar-refractivity contribution in [1.82, 2.24) is 29.6 Å². The van der Waals surface area contributed by atoms with E-state index in [4.69, 9.17) is 16.3 Å². The molecule has 2 N–H and O–H groups in total. The minimum absolute atomic E-state index is 0.434. The average molecular weight is 450 g/mol. The number of methoxy groups -OCH3 is 1. The van der Waals surface area contributed by atoms with E-state index < -0.39 is 0 Å². The van der Waals surface area contributed by atoms with Crippen molar-refractivity contribution in [2.24, 2.45) is 0 Å². The lowest BCUT2D eigenvalue weighted by Gasteiger charge is -2.27. The largest absolute Gasteiger partial charge is 0.495 e. The van der Waals surface area contributed by atoms with Crippen LogP contribution < -0.4 is 15.4 Å². The van der Waals surface area contributed by atoms with Crippen LogP contribution in [0.5, 0.6) is 5.75 Å². The fourth-order valence-electron chi connectivity index (χ4n) is 3.90. The van der Waals surface area contributed by atoms with Crippen LogP contribution in [-0.4, -0.2) is 57.5 Å². The fraction of sp³-hybridized carbons (Fsp3) is 0.261. The van der Waals surface area contributed by atoms with Gasteiger partial charge >= 0.3 is 0 Å². The predicted molar refractivity (Wildman–Crippen MR) is 126 cm³/mol. The zero-order chi connectivity index (χ0) is 21.9. The third-order valence-electron chi connectivity index (χ3n) is 5.53. The Morgan fingerprint density at radius 2 is 2.00 bits per heavy atom. The van der Waals surface area contributed by atoms with E-state index in [1.165, 1.54) is 5.56 Å². The summed E-state index contributed by atoms with van der Waals surface area (Å²) in [7, 11) is 1.67. The average Bonchev–Trinajstić information content (AvgIpc) is 3.26. The van der Waals surface area contributed by atoms with Gasteiger partial charge in [-0.05, 0) is 29.8 Å². The lowest BCUT2D eigenvalue weighted by molar-refractivity contribution is 0.233. The Kier molecular flexibility index (Phi) is 5.89. The molecule has 0 amide bonds. The molecule has 5 rings (SSSR count). The summed E-state index contributed by atoms with van der Waals surface area (Å²) in [6.07, 6.45) is 5.29. The van der Waals surface area contributed by atoms with Crippen LogP contribution in [-0.2, 0) is 6.54 Å². The molecule has 0 atom stereocenters. The second kappa shape index (κ2) is 9.12. The molecule has 1 aromatic carbocycles. The number of pyridine rings is 1. The first-order valence-electron chi connectivity index (χ1n) is 10.5. The molecule has 3 aromatic heterocycles. The zero-order valence-electron chi connectivity index (χ0n) is 17.8. The molecule has 9 heteroatoms. The van der Waals surface area contributed by atoms with E-state index in [1.54, 1.807) is 19.5 Å². The van der Waals surface area contributed by atoms with Crippen LogP contribution in [0, 0.1) is 0 Å². The molecule has 0 radical (unpaired) electrons. The van der Waals surface area contributed by atoms with Gasteiger partial charge in [0.25, 0.3) is 0 Å². The first kappa shape index (κ1) is 20.7. The second-order valence-electron chi connectivity index (χ2n) is 7.65. The lowest BCUT2D eigenvalue weighted by atomic mass is 10.1. The number of anilines is 2. The van der Waals surface area contributed by atoms with Gasteiger partial charge in [-0.25, -0.2) is 15.0 Å². The first-order valence-corrected chi connectivity index (χ1v) is 10.9. The molecule has 1 aliphatic rings. The monoisotopic (exact) mass is 449 g/mol. The summed E-state index contributed by atoms with van der Waals surface area (Å²) in [5.41, 5.74) is 4.24. The number of ether oxygens (including phenoxy) is 1. The molecule has 4 aromatic rings. The van der Waals surface area contributed by atoms with Crippen LogP contribution in [0.3, 0.4) is 0 Å². The maximum absolute atomic E-state index is 6.44. The Hall–Kier alpha value is -3.20. The fourth-order valence-corrected chi connectivity index (χ4v) is 4.09. The SMILES string of the molecule is COc1cc(CN2CCNCC2)ccc1Nc1ncc(Cl)c(-c2cnc3ccccn23)n1.